The van der Waals surface area contributed by atoms with Gasteiger partial charge in [-0.3, -0.25) is 4.98 Å². The lowest BCUT2D eigenvalue weighted by atomic mass is 10.1. The van der Waals surface area contributed by atoms with Gasteiger partial charge in [-0.2, -0.15) is 0 Å². The first-order valence-electron chi connectivity index (χ1n) is 5.80. The van der Waals surface area contributed by atoms with Crippen LogP contribution in [0.15, 0.2) is 36.7 Å². The molecule has 0 bridgehead atoms. The van der Waals surface area contributed by atoms with Crippen molar-refractivity contribution in [3.05, 3.63) is 53.6 Å². The summed E-state index contributed by atoms with van der Waals surface area (Å²) < 4.78 is 19.2. The lowest BCUT2D eigenvalue weighted by Gasteiger charge is -2.07. The highest BCUT2D eigenvalue weighted by Crippen LogP contribution is 2.33. The maximum Gasteiger partial charge on any atom is 0.151 e. The van der Waals surface area contributed by atoms with E-state index in [1.807, 2.05) is 24.3 Å². The summed E-state index contributed by atoms with van der Waals surface area (Å²) in [6, 6.07) is 7.78. The van der Waals surface area contributed by atoms with Crippen molar-refractivity contribution in [2.24, 2.45) is 5.73 Å². The van der Waals surface area contributed by atoms with Crippen LogP contribution in [0.1, 0.15) is 11.1 Å². The van der Waals surface area contributed by atoms with Crippen LogP contribution in [0.5, 0.6) is 11.5 Å². The van der Waals surface area contributed by atoms with Gasteiger partial charge in [0.2, 0.25) is 0 Å². The summed E-state index contributed by atoms with van der Waals surface area (Å²) >= 11 is 0. The van der Waals surface area contributed by atoms with Crippen LogP contribution in [0.2, 0.25) is 0 Å². The molecule has 2 N–H and O–H groups in total. The van der Waals surface area contributed by atoms with Gasteiger partial charge in [0.1, 0.15) is 11.6 Å². The average molecular weight is 246 g/mol. The van der Waals surface area contributed by atoms with Crippen LogP contribution in [0.4, 0.5) is 4.39 Å². The van der Waals surface area contributed by atoms with Gasteiger partial charge in [0.25, 0.3) is 0 Å². The van der Waals surface area contributed by atoms with Crippen molar-refractivity contribution in [2.45, 2.75) is 12.8 Å². The molecule has 94 valence electrons. The standard InChI is InChI=1S/C13H10FNO.CH5N/c14-11-7-15-8-13-10(11)6-5-9-3-1-2-4-12(9)16-13;1-2/h1-4,7-8H,5-6H2;2H2,1H3. The van der Waals surface area contributed by atoms with Crippen LogP contribution in [0, 0.1) is 5.82 Å². The van der Waals surface area contributed by atoms with Crippen molar-refractivity contribution in [3.63, 3.8) is 0 Å². The number of nitrogens with zero attached hydrogens (tertiary/aromatic N) is 1. The zero-order valence-corrected chi connectivity index (χ0v) is 10.2. The summed E-state index contributed by atoms with van der Waals surface area (Å²) in [6.45, 7) is 0. The topological polar surface area (TPSA) is 48.1 Å². The second-order valence-electron chi connectivity index (χ2n) is 3.81. The molecule has 3 nitrogen and oxygen atoms in total. The first-order chi connectivity index (χ1) is 8.84. The van der Waals surface area contributed by atoms with Crippen molar-refractivity contribution in [1.82, 2.24) is 4.98 Å². The smallest absolute Gasteiger partial charge is 0.151 e. The first kappa shape index (κ1) is 12.5. The summed E-state index contributed by atoms with van der Waals surface area (Å²) in [7, 11) is 1.50. The fraction of sp³-hybridized carbons (Fsp3) is 0.214. The van der Waals surface area contributed by atoms with Gasteiger partial charge in [-0.15, -0.1) is 0 Å². The molecule has 0 saturated carbocycles. The molecule has 4 heteroatoms. The first-order valence-corrected chi connectivity index (χ1v) is 5.80. The molecular formula is C14H15FN2O. The Morgan fingerprint density at radius 1 is 1.11 bits per heavy atom. The summed E-state index contributed by atoms with van der Waals surface area (Å²) in [4.78, 5) is 3.81. The second kappa shape index (κ2) is 5.60. The molecule has 1 aliphatic rings. The van der Waals surface area contributed by atoms with Gasteiger partial charge < -0.3 is 10.5 Å². The minimum absolute atomic E-state index is 0.287. The van der Waals surface area contributed by atoms with Crippen LogP contribution in [-0.2, 0) is 12.8 Å². The normalized spacial score (nSPS) is 12.2. The zero-order valence-electron chi connectivity index (χ0n) is 10.2. The molecule has 0 unspecified atom stereocenters. The van der Waals surface area contributed by atoms with E-state index in [4.69, 9.17) is 4.74 Å². The summed E-state index contributed by atoms with van der Waals surface area (Å²) in [6.07, 6.45) is 4.25. The predicted octanol–water partition coefficient (Wildman–Crippen LogP) is 2.69. The maximum absolute atomic E-state index is 13.5. The quantitative estimate of drug-likeness (QED) is 0.777. The number of ether oxygens (including phenoxy) is 1. The third-order valence-corrected chi connectivity index (χ3v) is 2.80. The zero-order chi connectivity index (χ0) is 13.0. The van der Waals surface area contributed by atoms with Gasteiger partial charge in [-0.1, -0.05) is 18.2 Å². The Hall–Kier alpha value is -1.94. The third-order valence-electron chi connectivity index (χ3n) is 2.80. The Labute approximate surface area is 105 Å². The van der Waals surface area contributed by atoms with Crippen molar-refractivity contribution < 1.29 is 9.13 Å². The molecule has 2 aromatic rings. The largest absolute Gasteiger partial charge is 0.455 e. The minimum Gasteiger partial charge on any atom is -0.455 e. The number of para-hydroxylation sites is 1. The highest BCUT2D eigenvalue weighted by atomic mass is 19.1. The van der Waals surface area contributed by atoms with E-state index < -0.39 is 0 Å². The Morgan fingerprint density at radius 3 is 2.72 bits per heavy atom. The molecule has 1 aromatic carbocycles. The van der Waals surface area contributed by atoms with E-state index >= 15 is 0 Å². The maximum atomic E-state index is 13.5. The van der Waals surface area contributed by atoms with E-state index in [2.05, 4.69) is 10.7 Å². The highest BCUT2D eigenvalue weighted by Gasteiger charge is 2.17. The van der Waals surface area contributed by atoms with Gasteiger partial charge in [0.05, 0.1) is 12.4 Å². The number of aromatic nitrogens is 1. The molecule has 0 fully saturated rings. The minimum atomic E-state index is -0.287. The molecule has 0 radical (unpaired) electrons. The van der Waals surface area contributed by atoms with Crippen LogP contribution in [-0.4, -0.2) is 12.0 Å². The van der Waals surface area contributed by atoms with Gasteiger partial charge >= 0.3 is 0 Å². The number of halogens is 1. The fourth-order valence-corrected chi connectivity index (χ4v) is 1.96. The number of rotatable bonds is 0. The van der Waals surface area contributed by atoms with E-state index in [0.29, 0.717) is 17.7 Å². The van der Waals surface area contributed by atoms with E-state index in [0.717, 1.165) is 17.7 Å². The molecule has 1 aliphatic heterocycles. The molecule has 3 rings (SSSR count). The SMILES string of the molecule is CN.Fc1cncc2c1CCc1ccccc1O2. The molecule has 0 spiro atoms. The number of benzene rings is 1. The Morgan fingerprint density at radius 2 is 1.89 bits per heavy atom. The average Bonchev–Trinajstić information content (AvgIpc) is 2.61. The highest BCUT2D eigenvalue weighted by molar-refractivity contribution is 5.43. The number of fused-ring (bicyclic) bond motifs is 2. The van der Waals surface area contributed by atoms with Gasteiger partial charge in [0.15, 0.2) is 5.75 Å². The molecule has 0 aliphatic carbocycles. The lowest BCUT2D eigenvalue weighted by Crippen LogP contribution is -1.94. The molecule has 18 heavy (non-hydrogen) atoms. The molecular weight excluding hydrogens is 231 g/mol. The van der Waals surface area contributed by atoms with Crippen molar-refractivity contribution in [2.75, 3.05) is 7.05 Å². The molecule has 0 amide bonds. The number of pyridine rings is 1. The molecule has 0 atom stereocenters. The number of aryl methyl sites for hydroxylation is 1. The lowest BCUT2D eigenvalue weighted by molar-refractivity contribution is 0.468. The van der Waals surface area contributed by atoms with Gasteiger partial charge in [-0.05, 0) is 31.5 Å². The van der Waals surface area contributed by atoms with E-state index in [1.54, 1.807) is 6.20 Å². The van der Waals surface area contributed by atoms with Crippen LogP contribution >= 0.6 is 0 Å². The summed E-state index contributed by atoms with van der Waals surface area (Å²) in [5.41, 5.74) is 6.23. The van der Waals surface area contributed by atoms with Crippen molar-refractivity contribution >= 4 is 0 Å². The van der Waals surface area contributed by atoms with Gasteiger partial charge in [0, 0.05) is 5.56 Å². The molecule has 2 heterocycles. The van der Waals surface area contributed by atoms with E-state index in [1.165, 1.54) is 13.2 Å². The third kappa shape index (κ3) is 2.33. The van der Waals surface area contributed by atoms with Crippen LogP contribution in [0.3, 0.4) is 0 Å². The predicted molar refractivity (Wildman–Crippen MR) is 68.2 cm³/mol. The Bertz CT molecular complexity index is 543. The second-order valence-corrected chi connectivity index (χ2v) is 3.81. The number of nitrogens with two attached hydrogens (primary N) is 1. The van der Waals surface area contributed by atoms with E-state index in [-0.39, 0.29) is 5.82 Å². The fourth-order valence-electron chi connectivity index (χ4n) is 1.96. The Balaban J connectivity index is 0.000000574. The van der Waals surface area contributed by atoms with Crippen LogP contribution in [0.25, 0.3) is 0 Å². The summed E-state index contributed by atoms with van der Waals surface area (Å²) in [5, 5.41) is 0. The van der Waals surface area contributed by atoms with E-state index in [9.17, 15) is 4.39 Å². The number of hydrogen-bond donors (Lipinski definition) is 1. The van der Waals surface area contributed by atoms with Crippen molar-refractivity contribution in [3.8, 4) is 11.5 Å². The van der Waals surface area contributed by atoms with Crippen molar-refractivity contribution in [1.29, 1.82) is 0 Å². The van der Waals surface area contributed by atoms with Crippen LogP contribution < -0.4 is 10.5 Å². The molecule has 0 saturated heterocycles. The molecule has 1 aromatic heterocycles. The van der Waals surface area contributed by atoms with Gasteiger partial charge in [-0.25, -0.2) is 4.39 Å². The Kier molecular flexibility index (Phi) is 3.89. The summed E-state index contributed by atoms with van der Waals surface area (Å²) in [5.74, 6) is 1.05. The number of hydrogen-bond acceptors (Lipinski definition) is 3. The monoisotopic (exact) mass is 246 g/mol.